The fourth-order valence-electron chi connectivity index (χ4n) is 3.12. The van der Waals surface area contributed by atoms with Gasteiger partial charge < -0.3 is 10.2 Å². The first-order valence-corrected chi connectivity index (χ1v) is 8.19. The topological polar surface area (TPSA) is 15.3 Å². The normalized spacial score (nSPS) is 28.8. The van der Waals surface area contributed by atoms with Gasteiger partial charge in [0.2, 0.25) is 0 Å². The number of nitrogens with zero attached hydrogens (tertiary/aromatic N) is 1. The lowest BCUT2D eigenvalue weighted by molar-refractivity contribution is 0.168. The number of hydrogen-bond donors (Lipinski definition) is 1. The average molecular weight is 252 g/mol. The molecule has 1 N–H and O–H groups in total. The van der Waals surface area contributed by atoms with Crippen molar-refractivity contribution in [3.63, 3.8) is 0 Å². The Morgan fingerprint density at radius 3 is 2.33 bits per heavy atom. The molecule has 0 heterocycles. The monoisotopic (exact) mass is 252 g/mol. The second kappa shape index (κ2) is 7.49. The summed E-state index contributed by atoms with van der Waals surface area (Å²) in [6.07, 6.45) is 12.7. The summed E-state index contributed by atoms with van der Waals surface area (Å²) >= 11 is 0. The lowest BCUT2D eigenvalue weighted by Gasteiger charge is -2.33. The summed E-state index contributed by atoms with van der Waals surface area (Å²) in [7, 11) is 2.34. The Morgan fingerprint density at radius 2 is 1.67 bits per heavy atom. The fourth-order valence-corrected chi connectivity index (χ4v) is 3.12. The van der Waals surface area contributed by atoms with Crippen LogP contribution in [0.5, 0.6) is 0 Å². The highest BCUT2D eigenvalue weighted by molar-refractivity contribution is 4.80. The molecule has 2 heteroatoms. The maximum atomic E-state index is 3.60. The van der Waals surface area contributed by atoms with E-state index in [-0.39, 0.29) is 0 Å². The van der Waals surface area contributed by atoms with Crippen LogP contribution in [-0.2, 0) is 0 Å². The van der Waals surface area contributed by atoms with Crippen LogP contribution in [0.1, 0.15) is 64.7 Å². The van der Waals surface area contributed by atoms with E-state index in [0.717, 1.165) is 18.0 Å². The van der Waals surface area contributed by atoms with Gasteiger partial charge in [0.1, 0.15) is 0 Å². The second-order valence-electron chi connectivity index (χ2n) is 6.68. The summed E-state index contributed by atoms with van der Waals surface area (Å²) in [5.74, 6) is 0.975. The zero-order chi connectivity index (χ0) is 12.8. The van der Waals surface area contributed by atoms with Crippen LogP contribution in [0.4, 0.5) is 0 Å². The van der Waals surface area contributed by atoms with E-state index < -0.39 is 0 Å². The first-order valence-electron chi connectivity index (χ1n) is 8.19. The molecule has 0 aromatic heterocycles. The highest BCUT2D eigenvalue weighted by Crippen LogP contribution is 2.26. The third-order valence-corrected chi connectivity index (χ3v) is 4.81. The van der Waals surface area contributed by atoms with Crippen molar-refractivity contribution >= 4 is 0 Å². The van der Waals surface area contributed by atoms with E-state index in [4.69, 9.17) is 0 Å². The molecule has 0 amide bonds. The maximum Gasteiger partial charge on any atom is 0.00924 e. The molecule has 2 aliphatic carbocycles. The maximum absolute atomic E-state index is 3.60. The largest absolute Gasteiger partial charge is 0.314 e. The Morgan fingerprint density at radius 1 is 0.944 bits per heavy atom. The number of rotatable bonds is 8. The highest BCUT2D eigenvalue weighted by atomic mass is 15.1. The first-order chi connectivity index (χ1) is 8.75. The van der Waals surface area contributed by atoms with Gasteiger partial charge in [-0.15, -0.1) is 0 Å². The molecule has 0 aromatic rings. The van der Waals surface area contributed by atoms with Gasteiger partial charge in [-0.25, -0.2) is 0 Å². The summed E-state index contributed by atoms with van der Waals surface area (Å²) in [5.41, 5.74) is 0. The Labute approximate surface area is 114 Å². The van der Waals surface area contributed by atoms with Gasteiger partial charge in [-0.05, 0) is 77.4 Å². The summed E-state index contributed by atoms with van der Waals surface area (Å²) in [6, 6.07) is 1.77. The minimum atomic E-state index is 0.880. The SMILES string of the molecule is CC1CCC(N(C)CCCCCNC2CC2)CC1. The molecule has 0 aliphatic heterocycles. The van der Waals surface area contributed by atoms with Gasteiger partial charge in [0, 0.05) is 12.1 Å². The van der Waals surface area contributed by atoms with E-state index >= 15 is 0 Å². The van der Waals surface area contributed by atoms with E-state index in [1.54, 1.807) is 0 Å². The number of hydrogen-bond acceptors (Lipinski definition) is 2. The standard InChI is InChI=1S/C16H32N2/c1-14-6-10-16(11-7-14)18(2)13-5-3-4-12-17-15-8-9-15/h14-17H,3-13H2,1-2H3. The van der Waals surface area contributed by atoms with Crippen molar-refractivity contribution in [1.29, 1.82) is 0 Å². The Bertz CT molecular complexity index is 217. The molecule has 0 spiro atoms. The van der Waals surface area contributed by atoms with Crippen LogP contribution in [-0.4, -0.2) is 37.1 Å². The predicted molar refractivity (Wildman–Crippen MR) is 78.9 cm³/mol. The number of nitrogens with one attached hydrogen (secondary N) is 1. The third-order valence-electron chi connectivity index (χ3n) is 4.81. The summed E-state index contributed by atoms with van der Waals surface area (Å²) in [4.78, 5) is 2.63. The Kier molecular flexibility index (Phi) is 5.97. The highest BCUT2D eigenvalue weighted by Gasteiger charge is 2.21. The smallest absolute Gasteiger partial charge is 0.00924 e. The van der Waals surface area contributed by atoms with Crippen molar-refractivity contribution < 1.29 is 0 Å². The predicted octanol–water partition coefficient (Wildman–Crippen LogP) is 3.42. The second-order valence-corrected chi connectivity index (χ2v) is 6.68. The van der Waals surface area contributed by atoms with E-state index in [1.165, 1.54) is 70.9 Å². The summed E-state index contributed by atoms with van der Waals surface area (Å²) in [6.45, 7) is 4.96. The molecule has 106 valence electrons. The molecule has 0 atom stereocenters. The quantitative estimate of drug-likeness (QED) is 0.666. The van der Waals surface area contributed by atoms with Gasteiger partial charge in [-0.3, -0.25) is 0 Å². The zero-order valence-corrected chi connectivity index (χ0v) is 12.5. The van der Waals surface area contributed by atoms with Crippen molar-refractivity contribution in [2.75, 3.05) is 20.1 Å². The van der Waals surface area contributed by atoms with E-state index in [2.05, 4.69) is 24.2 Å². The van der Waals surface area contributed by atoms with Gasteiger partial charge >= 0.3 is 0 Å². The van der Waals surface area contributed by atoms with Gasteiger partial charge in [-0.1, -0.05) is 13.3 Å². The lowest BCUT2D eigenvalue weighted by Crippen LogP contribution is -2.35. The van der Waals surface area contributed by atoms with Crippen molar-refractivity contribution in [3.8, 4) is 0 Å². The van der Waals surface area contributed by atoms with Crippen LogP contribution in [0.25, 0.3) is 0 Å². The molecule has 2 saturated carbocycles. The molecule has 2 aliphatic rings. The Hall–Kier alpha value is -0.0800. The fraction of sp³-hybridized carbons (Fsp3) is 1.00. The van der Waals surface area contributed by atoms with Crippen LogP contribution in [0.3, 0.4) is 0 Å². The van der Waals surface area contributed by atoms with Gasteiger partial charge in [0.15, 0.2) is 0 Å². The van der Waals surface area contributed by atoms with E-state index in [0.29, 0.717) is 0 Å². The molecular weight excluding hydrogens is 220 g/mol. The molecule has 0 bridgehead atoms. The summed E-state index contributed by atoms with van der Waals surface area (Å²) < 4.78 is 0. The van der Waals surface area contributed by atoms with E-state index in [1.807, 2.05) is 0 Å². The molecule has 2 nitrogen and oxygen atoms in total. The van der Waals surface area contributed by atoms with Crippen LogP contribution in [0, 0.1) is 5.92 Å². The molecule has 2 rings (SSSR count). The molecule has 0 aromatic carbocycles. The van der Waals surface area contributed by atoms with Crippen molar-refractivity contribution in [3.05, 3.63) is 0 Å². The van der Waals surface area contributed by atoms with Crippen molar-refractivity contribution in [2.24, 2.45) is 5.92 Å². The number of unbranched alkanes of at least 4 members (excludes halogenated alkanes) is 2. The lowest BCUT2D eigenvalue weighted by atomic mass is 9.87. The van der Waals surface area contributed by atoms with Crippen LogP contribution < -0.4 is 5.32 Å². The van der Waals surface area contributed by atoms with Crippen molar-refractivity contribution in [1.82, 2.24) is 10.2 Å². The average Bonchev–Trinajstić information content (AvgIpc) is 3.18. The van der Waals surface area contributed by atoms with Crippen LogP contribution >= 0.6 is 0 Å². The molecule has 2 fully saturated rings. The molecular formula is C16H32N2. The molecule has 18 heavy (non-hydrogen) atoms. The minimum Gasteiger partial charge on any atom is -0.314 e. The third kappa shape index (κ3) is 5.27. The first kappa shape index (κ1) is 14.3. The van der Waals surface area contributed by atoms with Crippen molar-refractivity contribution in [2.45, 2.75) is 76.8 Å². The molecule has 0 saturated heterocycles. The minimum absolute atomic E-state index is 0.880. The van der Waals surface area contributed by atoms with Crippen LogP contribution in [0.2, 0.25) is 0 Å². The van der Waals surface area contributed by atoms with Gasteiger partial charge in [0.25, 0.3) is 0 Å². The van der Waals surface area contributed by atoms with Gasteiger partial charge in [-0.2, -0.15) is 0 Å². The Balaban J connectivity index is 1.44. The van der Waals surface area contributed by atoms with Gasteiger partial charge in [0.05, 0.1) is 0 Å². The molecule has 0 unspecified atom stereocenters. The molecule has 0 radical (unpaired) electrons. The van der Waals surface area contributed by atoms with Crippen LogP contribution in [0.15, 0.2) is 0 Å². The zero-order valence-electron chi connectivity index (χ0n) is 12.5. The summed E-state index contributed by atoms with van der Waals surface area (Å²) in [5, 5.41) is 3.60. The van der Waals surface area contributed by atoms with E-state index in [9.17, 15) is 0 Å².